The maximum absolute atomic E-state index is 13.5. The molecule has 2 N–H and O–H groups in total. The van der Waals surface area contributed by atoms with Crippen LogP contribution in [0.25, 0.3) is 0 Å². The molecule has 4 rings (SSSR count). The van der Waals surface area contributed by atoms with Crippen molar-refractivity contribution in [3.63, 3.8) is 0 Å². The van der Waals surface area contributed by atoms with Gasteiger partial charge in [0.2, 0.25) is 5.91 Å². The summed E-state index contributed by atoms with van der Waals surface area (Å²) in [5.74, 6) is -0.282. The van der Waals surface area contributed by atoms with Gasteiger partial charge in [0.15, 0.2) is 0 Å². The van der Waals surface area contributed by atoms with Gasteiger partial charge in [-0.05, 0) is 49.4 Å². The highest BCUT2D eigenvalue weighted by atomic mass is 32.2. The third-order valence-electron chi connectivity index (χ3n) is 6.48. The monoisotopic (exact) mass is 521 g/mol. The number of carbonyl (C=O) groups excluding carboxylic acids is 2. The number of rotatable bonds is 8. The molecule has 2 heterocycles. The minimum atomic E-state index is -3.68. The zero-order valence-electron chi connectivity index (χ0n) is 20.0. The highest BCUT2D eigenvalue weighted by Gasteiger charge is 2.36. The van der Waals surface area contributed by atoms with Gasteiger partial charge in [-0.25, -0.2) is 8.42 Å². The molecular weight excluding hydrogens is 490 g/mol. The summed E-state index contributed by atoms with van der Waals surface area (Å²) in [7, 11) is -2.17. The van der Waals surface area contributed by atoms with Crippen LogP contribution in [0.4, 0.5) is 5.69 Å². The van der Waals surface area contributed by atoms with Gasteiger partial charge in [0, 0.05) is 31.1 Å². The molecule has 2 aliphatic rings. The standard InChI is InChI=1S/C24H31N3O6S2/c1-15-12-27(16(2)14-28)24(30)19-11-18(25-23(29)17-6-7-17)8-9-20(19)33-21(15)13-26(3)35(31,32)22-5-4-10-34-22/h4-5,8-11,15-17,21,28H,6-7,12-14H2,1-3H3,(H,25,29)/t15-,16-,21-/m0/s1. The topological polar surface area (TPSA) is 116 Å². The van der Waals surface area contributed by atoms with Gasteiger partial charge < -0.3 is 20.1 Å². The van der Waals surface area contributed by atoms with Gasteiger partial charge >= 0.3 is 0 Å². The molecule has 11 heteroatoms. The molecule has 1 aromatic carbocycles. The Bertz CT molecular complexity index is 1180. The van der Waals surface area contributed by atoms with E-state index in [2.05, 4.69) is 5.32 Å². The zero-order valence-corrected chi connectivity index (χ0v) is 21.6. The molecule has 1 aromatic heterocycles. The number of carbonyl (C=O) groups is 2. The molecule has 0 spiro atoms. The van der Waals surface area contributed by atoms with Crippen molar-refractivity contribution in [2.24, 2.45) is 11.8 Å². The van der Waals surface area contributed by atoms with E-state index in [1.54, 1.807) is 47.5 Å². The van der Waals surface area contributed by atoms with E-state index in [9.17, 15) is 23.1 Å². The Kier molecular flexibility index (Phi) is 7.51. The number of sulfonamides is 1. The fourth-order valence-corrected chi connectivity index (χ4v) is 6.41. The second-order valence-electron chi connectivity index (χ2n) is 9.31. The number of aliphatic hydroxyl groups is 1. The minimum Gasteiger partial charge on any atom is -0.488 e. The maximum atomic E-state index is 13.5. The molecule has 2 amide bonds. The number of ether oxygens (including phenoxy) is 1. The second-order valence-corrected chi connectivity index (χ2v) is 12.5. The van der Waals surface area contributed by atoms with Gasteiger partial charge in [-0.3, -0.25) is 9.59 Å². The Balaban J connectivity index is 1.65. The summed E-state index contributed by atoms with van der Waals surface area (Å²) in [5.41, 5.74) is 0.760. The van der Waals surface area contributed by atoms with Crippen molar-refractivity contribution in [2.45, 2.75) is 43.0 Å². The van der Waals surface area contributed by atoms with Gasteiger partial charge in [-0.15, -0.1) is 11.3 Å². The van der Waals surface area contributed by atoms with Crippen molar-refractivity contribution in [3.8, 4) is 5.75 Å². The van der Waals surface area contributed by atoms with Crippen LogP contribution in [-0.2, 0) is 14.8 Å². The zero-order chi connectivity index (χ0) is 25.3. The first-order valence-electron chi connectivity index (χ1n) is 11.6. The van der Waals surface area contributed by atoms with Crippen LogP contribution in [0.5, 0.6) is 5.75 Å². The summed E-state index contributed by atoms with van der Waals surface area (Å²) in [6, 6.07) is 7.71. The number of anilines is 1. The van der Waals surface area contributed by atoms with E-state index < -0.39 is 22.2 Å². The molecule has 0 bridgehead atoms. The largest absolute Gasteiger partial charge is 0.488 e. The van der Waals surface area contributed by atoms with Gasteiger partial charge in [0.05, 0.1) is 24.8 Å². The maximum Gasteiger partial charge on any atom is 0.258 e. The van der Waals surface area contributed by atoms with Crippen LogP contribution >= 0.6 is 11.3 Å². The molecule has 1 saturated carbocycles. The summed E-state index contributed by atoms with van der Waals surface area (Å²) in [6.45, 7) is 3.79. The average molecular weight is 522 g/mol. The predicted molar refractivity (Wildman–Crippen MR) is 133 cm³/mol. The number of fused-ring (bicyclic) bond motifs is 1. The Morgan fingerprint density at radius 1 is 1.34 bits per heavy atom. The Labute approximate surface area is 209 Å². The number of aliphatic hydroxyl groups excluding tert-OH is 1. The molecule has 35 heavy (non-hydrogen) atoms. The number of thiophene rings is 1. The Morgan fingerprint density at radius 2 is 2.09 bits per heavy atom. The number of nitrogens with zero attached hydrogens (tertiary/aromatic N) is 2. The van der Waals surface area contributed by atoms with Crippen LogP contribution in [0.2, 0.25) is 0 Å². The summed E-state index contributed by atoms with van der Waals surface area (Å²) in [6.07, 6.45) is 1.17. The number of hydrogen-bond acceptors (Lipinski definition) is 7. The van der Waals surface area contributed by atoms with Crippen molar-refractivity contribution in [2.75, 3.05) is 32.1 Å². The van der Waals surface area contributed by atoms with E-state index in [0.29, 0.717) is 11.4 Å². The van der Waals surface area contributed by atoms with Crippen LogP contribution in [0, 0.1) is 11.8 Å². The van der Waals surface area contributed by atoms with E-state index in [1.165, 1.54) is 11.4 Å². The smallest absolute Gasteiger partial charge is 0.258 e. The van der Waals surface area contributed by atoms with Crippen LogP contribution in [0.15, 0.2) is 39.9 Å². The van der Waals surface area contributed by atoms with Crippen LogP contribution in [0.3, 0.4) is 0 Å². The summed E-state index contributed by atoms with van der Waals surface area (Å²) in [4.78, 5) is 27.3. The molecule has 2 aromatic rings. The molecule has 1 fully saturated rings. The molecule has 3 atom stereocenters. The molecule has 9 nitrogen and oxygen atoms in total. The quantitative estimate of drug-likeness (QED) is 0.552. The third-order valence-corrected chi connectivity index (χ3v) is 9.67. The molecule has 190 valence electrons. The van der Waals surface area contributed by atoms with Crippen LogP contribution in [0.1, 0.15) is 37.0 Å². The van der Waals surface area contributed by atoms with Crippen molar-refractivity contribution < 1.29 is 27.9 Å². The molecule has 0 saturated heterocycles. The van der Waals surface area contributed by atoms with Gasteiger partial charge in [-0.2, -0.15) is 4.31 Å². The highest BCUT2D eigenvalue weighted by molar-refractivity contribution is 7.91. The molecule has 1 aliphatic carbocycles. The van der Waals surface area contributed by atoms with Crippen molar-refractivity contribution >= 4 is 38.9 Å². The highest BCUT2D eigenvalue weighted by Crippen LogP contribution is 2.33. The first-order valence-corrected chi connectivity index (χ1v) is 14.0. The second kappa shape index (κ2) is 10.3. The predicted octanol–water partition coefficient (Wildman–Crippen LogP) is 2.64. The van der Waals surface area contributed by atoms with Crippen molar-refractivity contribution in [1.82, 2.24) is 9.21 Å². The fraction of sp³-hybridized carbons (Fsp3) is 0.500. The van der Waals surface area contributed by atoms with Crippen LogP contribution < -0.4 is 10.1 Å². The Morgan fingerprint density at radius 3 is 2.71 bits per heavy atom. The Hall–Kier alpha value is -2.47. The van der Waals surface area contributed by atoms with E-state index in [4.69, 9.17) is 4.74 Å². The molecule has 0 unspecified atom stereocenters. The number of benzene rings is 1. The molecule has 1 aliphatic heterocycles. The summed E-state index contributed by atoms with van der Waals surface area (Å²) in [5, 5.41) is 14.4. The van der Waals surface area contributed by atoms with Crippen LogP contribution in [-0.4, -0.2) is 73.4 Å². The normalized spacial score (nSPS) is 21.6. The summed E-state index contributed by atoms with van der Waals surface area (Å²) < 4.78 is 33.8. The lowest BCUT2D eigenvalue weighted by atomic mass is 9.99. The van der Waals surface area contributed by atoms with Gasteiger partial charge in [0.1, 0.15) is 16.1 Å². The summed E-state index contributed by atoms with van der Waals surface area (Å²) >= 11 is 1.15. The third kappa shape index (κ3) is 5.53. The lowest BCUT2D eigenvalue weighted by Crippen LogP contribution is -2.50. The number of nitrogens with one attached hydrogen (secondary N) is 1. The van der Waals surface area contributed by atoms with E-state index in [-0.39, 0.29) is 53.1 Å². The first-order chi connectivity index (χ1) is 16.6. The van der Waals surface area contributed by atoms with Gasteiger partial charge in [0.25, 0.3) is 15.9 Å². The van der Waals surface area contributed by atoms with Gasteiger partial charge in [-0.1, -0.05) is 13.0 Å². The van der Waals surface area contributed by atoms with E-state index >= 15 is 0 Å². The van der Waals surface area contributed by atoms with E-state index in [0.717, 1.165) is 24.2 Å². The van der Waals surface area contributed by atoms with E-state index in [1.807, 2.05) is 6.92 Å². The number of likely N-dealkylation sites (N-methyl/N-ethyl adjacent to an activating group) is 1. The molecule has 0 radical (unpaired) electrons. The number of amides is 2. The van der Waals surface area contributed by atoms with Crippen molar-refractivity contribution in [3.05, 3.63) is 41.3 Å². The fourth-order valence-electron chi connectivity index (χ4n) is 4.02. The SMILES string of the molecule is C[C@H]1CN([C@@H](C)CO)C(=O)c2cc(NC(=O)C3CC3)ccc2O[C@H]1CN(C)S(=O)(=O)c1cccs1. The lowest BCUT2D eigenvalue weighted by Gasteiger charge is -2.38. The lowest BCUT2D eigenvalue weighted by molar-refractivity contribution is -0.117. The minimum absolute atomic E-state index is 0.0148. The average Bonchev–Trinajstić information content (AvgIpc) is 3.54. The first kappa shape index (κ1) is 25.6. The van der Waals surface area contributed by atoms with Crippen molar-refractivity contribution in [1.29, 1.82) is 0 Å². The molecular formula is C24H31N3O6S2. The number of hydrogen-bond donors (Lipinski definition) is 2.